The zero-order valence-corrected chi connectivity index (χ0v) is 11.6. The molecule has 3 rings (SSSR count). The van der Waals surface area contributed by atoms with Gasteiger partial charge in [-0.15, -0.1) is 0 Å². The molecule has 5 heteroatoms. The molecule has 0 saturated carbocycles. The molecule has 1 aromatic carbocycles. The Kier molecular flexibility index (Phi) is 3.28. The van der Waals surface area contributed by atoms with Gasteiger partial charge in [0.25, 0.3) is 0 Å². The van der Waals surface area contributed by atoms with Crippen molar-refractivity contribution in [3.8, 4) is 0 Å². The second-order valence-corrected chi connectivity index (χ2v) is 5.23. The van der Waals surface area contributed by atoms with E-state index in [4.69, 9.17) is 0 Å². The first-order valence-corrected chi connectivity index (χ1v) is 6.68. The maximum Gasteiger partial charge on any atom is 0.226 e. The molecule has 5 nitrogen and oxygen atoms in total. The van der Waals surface area contributed by atoms with E-state index in [0.29, 0.717) is 12.4 Å². The van der Waals surface area contributed by atoms with Crippen molar-refractivity contribution in [2.24, 2.45) is 0 Å². The van der Waals surface area contributed by atoms with Gasteiger partial charge in [-0.25, -0.2) is 4.98 Å². The Hall–Kier alpha value is -2.14. The van der Waals surface area contributed by atoms with Crippen molar-refractivity contribution in [1.82, 2.24) is 9.97 Å². The van der Waals surface area contributed by atoms with Crippen LogP contribution in [-0.2, 0) is 6.42 Å². The number of hydrogen-bond acceptors (Lipinski definition) is 5. The maximum absolute atomic E-state index is 10.2. The van der Waals surface area contributed by atoms with Gasteiger partial charge in [0.05, 0.1) is 12.1 Å². The fourth-order valence-corrected chi connectivity index (χ4v) is 2.55. The lowest BCUT2D eigenvalue weighted by Crippen LogP contribution is -2.22. The number of hydrogen-bond donors (Lipinski definition) is 2. The topological polar surface area (TPSA) is 61.3 Å². The van der Waals surface area contributed by atoms with Crippen LogP contribution in [0.15, 0.2) is 36.5 Å². The zero-order valence-electron chi connectivity index (χ0n) is 11.6. The number of nitrogens with one attached hydrogen (secondary N) is 1. The van der Waals surface area contributed by atoms with Crippen LogP contribution in [0.1, 0.15) is 17.2 Å². The molecule has 0 fully saturated rings. The number of fused-ring (bicyclic) bond motifs is 1. The van der Waals surface area contributed by atoms with Crippen molar-refractivity contribution in [2.45, 2.75) is 18.6 Å². The quantitative estimate of drug-likeness (QED) is 0.887. The minimum absolute atomic E-state index is 0.115. The predicted molar refractivity (Wildman–Crippen MR) is 78.9 cm³/mol. The van der Waals surface area contributed by atoms with Crippen molar-refractivity contribution in [1.29, 1.82) is 0 Å². The van der Waals surface area contributed by atoms with Crippen LogP contribution in [0, 0.1) is 0 Å². The summed E-state index contributed by atoms with van der Waals surface area (Å²) in [5, 5.41) is 13.5. The lowest BCUT2D eigenvalue weighted by Gasteiger charge is -2.19. The standard InChI is InChI=1S/C15H18N4O/c1-19(2)15-16-8-7-13(18-15)17-14-11-6-4-3-5-10(11)9-12(14)20/h3-8,12,14,20H,9H2,1-2H3,(H,16,17,18)/t12-,14+/m0/s1. The Balaban J connectivity index is 1.86. The van der Waals surface area contributed by atoms with E-state index >= 15 is 0 Å². The molecule has 2 aromatic rings. The van der Waals surface area contributed by atoms with Crippen LogP contribution in [0.4, 0.5) is 11.8 Å². The monoisotopic (exact) mass is 270 g/mol. The summed E-state index contributed by atoms with van der Waals surface area (Å²) >= 11 is 0. The second-order valence-electron chi connectivity index (χ2n) is 5.23. The number of anilines is 2. The molecule has 0 saturated heterocycles. The van der Waals surface area contributed by atoms with Crippen molar-refractivity contribution in [3.63, 3.8) is 0 Å². The van der Waals surface area contributed by atoms with Crippen LogP contribution in [0.2, 0.25) is 0 Å². The number of aliphatic hydroxyl groups is 1. The maximum atomic E-state index is 10.2. The van der Waals surface area contributed by atoms with Crippen molar-refractivity contribution >= 4 is 11.8 Å². The van der Waals surface area contributed by atoms with Gasteiger partial charge in [-0.1, -0.05) is 24.3 Å². The Bertz CT molecular complexity index is 614. The van der Waals surface area contributed by atoms with E-state index in [-0.39, 0.29) is 6.04 Å². The SMILES string of the molecule is CN(C)c1nccc(N[C@@H]2c3ccccc3C[C@@H]2O)n1. The van der Waals surface area contributed by atoms with Gasteiger partial charge < -0.3 is 15.3 Å². The summed E-state index contributed by atoms with van der Waals surface area (Å²) in [6.07, 6.45) is 1.97. The molecule has 0 bridgehead atoms. The third-order valence-electron chi connectivity index (χ3n) is 3.55. The van der Waals surface area contributed by atoms with Crippen molar-refractivity contribution in [2.75, 3.05) is 24.3 Å². The van der Waals surface area contributed by atoms with Crippen LogP contribution < -0.4 is 10.2 Å². The highest BCUT2D eigenvalue weighted by Crippen LogP contribution is 2.33. The fraction of sp³-hybridized carbons (Fsp3) is 0.333. The first kappa shape index (κ1) is 12.9. The minimum Gasteiger partial charge on any atom is -0.390 e. The van der Waals surface area contributed by atoms with Gasteiger partial charge in [0, 0.05) is 26.7 Å². The van der Waals surface area contributed by atoms with E-state index in [9.17, 15) is 5.11 Å². The molecular formula is C15H18N4O. The fourth-order valence-electron chi connectivity index (χ4n) is 2.55. The molecule has 1 heterocycles. The summed E-state index contributed by atoms with van der Waals surface area (Å²) in [5.74, 6) is 1.38. The highest BCUT2D eigenvalue weighted by molar-refractivity contribution is 5.47. The van der Waals surface area contributed by atoms with E-state index < -0.39 is 6.10 Å². The van der Waals surface area contributed by atoms with Crippen LogP contribution in [0.5, 0.6) is 0 Å². The lowest BCUT2D eigenvalue weighted by molar-refractivity contribution is 0.165. The summed E-state index contributed by atoms with van der Waals surface area (Å²) < 4.78 is 0. The Morgan fingerprint density at radius 2 is 2.05 bits per heavy atom. The summed E-state index contributed by atoms with van der Waals surface area (Å²) in [4.78, 5) is 10.5. The summed E-state index contributed by atoms with van der Waals surface area (Å²) in [6.45, 7) is 0. The molecule has 0 unspecified atom stereocenters. The van der Waals surface area contributed by atoms with Gasteiger partial charge in [-0.3, -0.25) is 0 Å². The molecule has 1 aromatic heterocycles. The smallest absolute Gasteiger partial charge is 0.226 e. The van der Waals surface area contributed by atoms with Crippen LogP contribution in [0.25, 0.3) is 0 Å². The highest BCUT2D eigenvalue weighted by Gasteiger charge is 2.30. The minimum atomic E-state index is -0.426. The van der Waals surface area contributed by atoms with Gasteiger partial charge in [0.15, 0.2) is 0 Å². The van der Waals surface area contributed by atoms with E-state index in [1.807, 2.05) is 37.2 Å². The lowest BCUT2D eigenvalue weighted by atomic mass is 10.1. The van der Waals surface area contributed by atoms with Crippen molar-refractivity contribution < 1.29 is 5.11 Å². The van der Waals surface area contributed by atoms with Crippen LogP contribution in [-0.4, -0.2) is 35.3 Å². The predicted octanol–water partition coefficient (Wildman–Crippen LogP) is 1.61. The average Bonchev–Trinajstić information content (AvgIpc) is 2.76. The molecule has 0 amide bonds. The Morgan fingerprint density at radius 1 is 1.25 bits per heavy atom. The molecule has 2 N–H and O–H groups in total. The molecule has 1 aliphatic carbocycles. The van der Waals surface area contributed by atoms with Gasteiger partial charge in [0.2, 0.25) is 5.95 Å². The third kappa shape index (κ3) is 2.32. The molecule has 2 atom stereocenters. The van der Waals surface area contributed by atoms with E-state index in [2.05, 4.69) is 27.4 Å². The van der Waals surface area contributed by atoms with Gasteiger partial charge in [-0.05, 0) is 17.2 Å². The summed E-state index contributed by atoms with van der Waals surface area (Å²) in [7, 11) is 3.80. The van der Waals surface area contributed by atoms with Gasteiger partial charge >= 0.3 is 0 Å². The number of aromatic nitrogens is 2. The van der Waals surface area contributed by atoms with Gasteiger partial charge in [-0.2, -0.15) is 4.98 Å². The van der Waals surface area contributed by atoms with E-state index in [1.165, 1.54) is 5.56 Å². The average molecular weight is 270 g/mol. The normalized spacial score (nSPS) is 20.6. The number of rotatable bonds is 3. The molecule has 0 spiro atoms. The first-order chi connectivity index (χ1) is 9.65. The molecule has 0 radical (unpaired) electrons. The number of aliphatic hydroxyl groups excluding tert-OH is 1. The number of benzene rings is 1. The Morgan fingerprint density at radius 3 is 2.85 bits per heavy atom. The third-order valence-corrected chi connectivity index (χ3v) is 3.55. The highest BCUT2D eigenvalue weighted by atomic mass is 16.3. The summed E-state index contributed by atoms with van der Waals surface area (Å²) in [6, 6.07) is 9.82. The molecule has 104 valence electrons. The zero-order chi connectivity index (χ0) is 14.1. The largest absolute Gasteiger partial charge is 0.390 e. The van der Waals surface area contributed by atoms with E-state index in [1.54, 1.807) is 6.20 Å². The number of nitrogens with zero attached hydrogens (tertiary/aromatic N) is 3. The van der Waals surface area contributed by atoms with Crippen LogP contribution >= 0.6 is 0 Å². The molecule has 0 aliphatic heterocycles. The second kappa shape index (κ2) is 5.09. The van der Waals surface area contributed by atoms with Crippen LogP contribution in [0.3, 0.4) is 0 Å². The summed E-state index contributed by atoms with van der Waals surface area (Å²) in [5.41, 5.74) is 2.34. The molecule has 1 aliphatic rings. The Labute approximate surface area is 118 Å². The van der Waals surface area contributed by atoms with E-state index in [0.717, 1.165) is 11.4 Å². The molecule has 20 heavy (non-hydrogen) atoms. The van der Waals surface area contributed by atoms with Gasteiger partial charge in [0.1, 0.15) is 5.82 Å². The first-order valence-electron chi connectivity index (χ1n) is 6.68. The molecular weight excluding hydrogens is 252 g/mol. The van der Waals surface area contributed by atoms with Crippen molar-refractivity contribution in [3.05, 3.63) is 47.7 Å².